The predicted octanol–water partition coefficient (Wildman–Crippen LogP) is 4.59. The van der Waals surface area contributed by atoms with Crippen LogP contribution in [0.5, 0.6) is 0 Å². The van der Waals surface area contributed by atoms with E-state index in [-0.39, 0.29) is 29.5 Å². The summed E-state index contributed by atoms with van der Waals surface area (Å²) in [5.41, 5.74) is 2.42. The first-order valence-electron chi connectivity index (χ1n) is 10.2. The van der Waals surface area contributed by atoms with Crippen LogP contribution in [0.2, 0.25) is 0 Å². The molecule has 32 heavy (non-hydrogen) atoms. The average Bonchev–Trinajstić information content (AvgIpc) is 3.12. The Labute approximate surface area is 205 Å². The lowest BCUT2D eigenvalue weighted by Crippen LogP contribution is -2.33. The van der Waals surface area contributed by atoms with Crippen LogP contribution in [0.15, 0.2) is 53.7 Å². The van der Waals surface area contributed by atoms with Gasteiger partial charge in [0, 0.05) is 21.9 Å². The Morgan fingerprint density at radius 1 is 1.12 bits per heavy atom. The number of hydrogen-bond acceptors (Lipinski definition) is 5. The molecule has 168 valence electrons. The molecule has 1 heterocycles. The van der Waals surface area contributed by atoms with E-state index in [0.29, 0.717) is 16.5 Å². The van der Waals surface area contributed by atoms with Crippen LogP contribution >= 0.6 is 34.4 Å². The van der Waals surface area contributed by atoms with Crippen molar-refractivity contribution in [3.05, 3.63) is 69.1 Å². The number of aryl methyl sites for hydroxylation is 1. The van der Waals surface area contributed by atoms with Gasteiger partial charge in [-0.3, -0.25) is 9.59 Å². The molecule has 0 aliphatic carbocycles. The molecule has 3 rings (SSSR count). The highest BCUT2D eigenvalue weighted by Gasteiger charge is 2.25. The molecular formula is C23H26IN5O2S. The summed E-state index contributed by atoms with van der Waals surface area (Å²) in [5.74, 6) is 0.701. The lowest BCUT2D eigenvalue weighted by Gasteiger charge is -2.21. The van der Waals surface area contributed by atoms with Gasteiger partial charge in [0.1, 0.15) is 0 Å². The molecule has 0 aliphatic rings. The second kappa shape index (κ2) is 11.0. The van der Waals surface area contributed by atoms with Gasteiger partial charge < -0.3 is 15.2 Å². The largest absolute Gasteiger partial charge is 0.342 e. The lowest BCUT2D eigenvalue weighted by atomic mass is 10.0. The van der Waals surface area contributed by atoms with E-state index in [2.05, 4.69) is 43.4 Å². The third-order valence-corrected chi connectivity index (χ3v) is 6.62. The molecule has 1 atom stereocenters. The van der Waals surface area contributed by atoms with Gasteiger partial charge in [0.2, 0.25) is 5.91 Å². The Morgan fingerprint density at radius 2 is 1.84 bits per heavy atom. The van der Waals surface area contributed by atoms with Gasteiger partial charge in [-0.2, -0.15) is 0 Å². The molecule has 7 nitrogen and oxygen atoms in total. The van der Waals surface area contributed by atoms with E-state index < -0.39 is 0 Å². The summed E-state index contributed by atoms with van der Waals surface area (Å²) in [6.07, 6.45) is 0. The standard InChI is InChI=1S/C23H26IN5O2S/c1-14(2)20(26-22(31)16-8-6-5-7-9-16)21-27-28-23(29(21)4)32-13-19(30)25-18-11-10-17(24)12-15(18)3/h5-12,14,20H,13H2,1-4H3,(H,25,30)(H,26,31)/t20-/m0/s1. The van der Waals surface area contributed by atoms with Crippen molar-refractivity contribution < 1.29 is 9.59 Å². The van der Waals surface area contributed by atoms with Crippen LogP contribution in [-0.2, 0) is 11.8 Å². The summed E-state index contributed by atoms with van der Waals surface area (Å²) in [7, 11) is 1.85. The molecule has 2 amide bonds. The van der Waals surface area contributed by atoms with Crippen molar-refractivity contribution in [3.63, 3.8) is 0 Å². The van der Waals surface area contributed by atoms with Crippen molar-refractivity contribution >= 4 is 51.9 Å². The van der Waals surface area contributed by atoms with Crippen molar-refractivity contribution in [2.24, 2.45) is 13.0 Å². The molecule has 3 aromatic rings. The van der Waals surface area contributed by atoms with Gasteiger partial charge >= 0.3 is 0 Å². The first-order chi connectivity index (χ1) is 15.3. The van der Waals surface area contributed by atoms with Crippen LogP contribution in [0.1, 0.15) is 41.6 Å². The van der Waals surface area contributed by atoms with Crippen LogP contribution in [0.25, 0.3) is 0 Å². The van der Waals surface area contributed by atoms with Gasteiger partial charge in [-0.05, 0) is 71.3 Å². The van der Waals surface area contributed by atoms with Crippen molar-refractivity contribution in [2.75, 3.05) is 11.1 Å². The molecule has 0 saturated carbocycles. The van der Waals surface area contributed by atoms with Crippen molar-refractivity contribution in [3.8, 4) is 0 Å². The maximum Gasteiger partial charge on any atom is 0.251 e. The number of amides is 2. The van der Waals surface area contributed by atoms with E-state index in [4.69, 9.17) is 0 Å². The fourth-order valence-electron chi connectivity index (χ4n) is 3.15. The minimum Gasteiger partial charge on any atom is -0.342 e. The van der Waals surface area contributed by atoms with Gasteiger partial charge in [0.25, 0.3) is 5.91 Å². The van der Waals surface area contributed by atoms with Gasteiger partial charge in [0.15, 0.2) is 11.0 Å². The van der Waals surface area contributed by atoms with Crippen LogP contribution in [0, 0.1) is 16.4 Å². The minimum absolute atomic E-state index is 0.107. The monoisotopic (exact) mass is 563 g/mol. The molecule has 2 N–H and O–H groups in total. The van der Waals surface area contributed by atoms with E-state index in [1.54, 1.807) is 12.1 Å². The van der Waals surface area contributed by atoms with Crippen molar-refractivity contribution in [1.29, 1.82) is 0 Å². The Morgan fingerprint density at radius 3 is 2.50 bits per heavy atom. The zero-order valence-electron chi connectivity index (χ0n) is 18.4. The molecule has 9 heteroatoms. The number of nitrogens with zero attached hydrogens (tertiary/aromatic N) is 3. The number of carbonyl (C=O) groups excluding carboxylic acids is 2. The lowest BCUT2D eigenvalue weighted by molar-refractivity contribution is -0.113. The topological polar surface area (TPSA) is 88.9 Å². The number of aromatic nitrogens is 3. The second-order valence-corrected chi connectivity index (χ2v) is 9.95. The highest BCUT2D eigenvalue weighted by atomic mass is 127. The van der Waals surface area contributed by atoms with Gasteiger partial charge in [-0.25, -0.2) is 0 Å². The van der Waals surface area contributed by atoms with Gasteiger partial charge in [-0.1, -0.05) is 43.8 Å². The second-order valence-electron chi connectivity index (χ2n) is 7.76. The van der Waals surface area contributed by atoms with E-state index in [0.717, 1.165) is 14.8 Å². The smallest absolute Gasteiger partial charge is 0.251 e. The summed E-state index contributed by atoms with van der Waals surface area (Å²) in [5, 5.41) is 15.2. The minimum atomic E-state index is -0.308. The summed E-state index contributed by atoms with van der Waals surface area (Å²) >= 11 is 3.56. The first-order valence-corrected chi connectivity index (χ1v) is 12.3. The molecule has 0 radical (unpaired) electrons. The number of carbonyl (C=O) groups is 2. The molecule has 0 saturated heterocycles. The highest BCUT2D eigenvalue weighted by Crippen LogP contribution is 2.25. The maximum absolute atomic E-state index is 12.7. The number of halogens is 1. The highest BCUT2D eigenvalue weighted by molar-refractivity contribution is 14.1. The third-order valence-electron chi connectivity index (χ3n) is 4.93. The third kappa shape index (κ3) is 6.10. The van der Waals surface area contributed by atoms with E-state index in [9.17, 15) is 9.59 Å². The first kappa shape index (κ1) is 24.2. The van der Waals surface area contributed by atoms with Crippen LogP contribution in [0.4, 0.5) is 5.69 Å². The normalized spacial score (nSPS) is 11.9. The maximum atomic E-state index is 12.7. The number of anilines is 1. The Hall–Kier alpha value is -2.40. The molecule has 0 fully saturated rings. The Kier molecular flexibility index (Phi) is 8.30. The molecule has 1 aromatic heterocycles. The van der Waals surface area contributed by atoms with Gasteiger partial charge in [-0.15, -0.1) is 10.2 Å². The Bertz CT molecular complexity index is 1100. The number of rotatable bonds is 8. The van der Waals surface area contributed by atoms with Crippen LogP contribution in [-0.4, -0.2) is 32.3 Å². The summed E-state index contributed by atoms with van der Waals surface area (Å²) in [6.45, 7) is 6.01. The molecule has 0 spiro atoms. The summed E-state index contributed by atoms with van der Waals surface area (Å²) < 4.78 is 2.96. The summed E-state index contributed by atoms with van der Waals surface area (Å²) in [4.78, 5) is 25.1. The molecule has 2 aromatic carbocycles. The van der Waals surface area contributed by atoms with Crippen LogP contribution in [0.3, 0.4) is 0 Å². The quantitative estimate of drug-likeness (QED) is 0.309. The SMILES string of the molecule is Cc1cc(I)ccc1NC(=O)CSc1nnc([C@@H](NC(=O)c2ccccc2)C(C)C)n1C. The zero-order valence-corrected chi connectivity index (χ0v) is 21.4. The van der Waals surface area contributed by atoms with E-state index in [1.807, 2.05) is 68.8 Å². The molecule has 0 bridgehead atoms. The number of benzene rings is 2. The fraction of sp³-hybridized carbons (Fsp3) is 0.304. The van der Waals surface area contributed by atoms with Gasteiger partial charge in [0.05, 0.1) is 11.8 Å². The zero-order chi connectivity index (χ0) is 23.3. The van der Waals surface area contributed by atoms with Crippen LogP contribution < -0.4 is 10.6 Å². The van der Waals surface area contributed by atoms with Crippen molar-refractivity contribution in [1.82, 2.24) is 20.1 Å². The molecule has 0 unspecified atom stereocenters. The average molecular weight is 563 g/mol. The fourth-order valence-corrected chi connectivity index (χ4v) is 4.51. The van der Waals surface area contributed by atoms with Crippen molar-refractivity contribution in [2.45, 2.75) is 32.0 Å². The summed E-state index contributed by atoms with van der Waals surface area (Å²) in [6, 6.07) is 14.7. The number of thioether (sulfide) groups is 1. The number of nitrogens with one attached hydrogen (secondary N) is 2. The number of hydrogen-bond donors (Lipinski definition) is 2. The van der Waals surface area contributed by atoms with E-state index >= 15 is 0 Å². The predicted molar refractivity (Wildman–Crippen MR) is 136 cm³/mol. The van der Waals surface area contributed by atoms with E-state index in [1.165, 1.54) is 11.8 Å². The molecular weight excluding hydrogens is 537 g/mol. The molecule has 0 aliphatic heterocycles. The Balaban J connectivity index is 1.66.